The number of amides is 2. The van der Waals surface area contributed by atoms with Crippen LogP contribution in [0.3, 0.4) is 0 Å². The Kier molecular flexibility index (Phi) is 5.80. The van der Waals surface area contributed by atoms with Crippen LogP contribution >= 0.6 is 11.8 Å². The molecule has 1 atom stereocenters. The van der Waals surface area contributed by atoms with Gasteiger partial charge in [0.1, 0.15) is 18.6 Å². The zero-order valence-corrected chi connectivity index (χ0v) is 16.9. The van der Waals surface area contributed by atoms with E-state index in [1.54, 1.807) is 47.9 Å². The van der Waals surface area contributed by atoms with Crippen LogP contribution in [0.5, 0.6) is 11.5 Å². The monoisotopic (exact) mass is 414 g/mol. The number of carbonyl (C=O) groups is 2. The summed E-state index contributed by atoms with van der Waals surface area (Å²) in [5.74, 6) is 1.94. The first kappa shape index (κ1) is 19.4. The Balaban J connectivity index is 1.45. The average molecular weight is 414 g/mol. The van der Waals surface area contributed by atoms with Crippen molar-refractivity contribution < 1.29 is 23.8 Å². The lowest BCUT2D eigenvalue weighted by atomic mass is 10.1. The molecule has 152 valence electrons. The number of urea groups is 1. The Labute approximate surface area is 173 Å². The quantitative estimate of drug-likeness (QED) is 0.765. The van der Waals surface area contributed by atoms with Crippen LogP contribution in [-0.2, 0) is 4.74 Å². The molecule has 8 heteroatoms. The van der Waals surface area contributed by atoms with E-state index in [9.17, 15) is 9.59 Å². The van der Waals surface area contributed by atoms with Crippen molar-refractivity contribution >= 4 is 29.4 Å². The summed E-state index contributed by atoms with van der Waals surface area (Å²) in [5, 5.41) is 2.82. The average Bonchev–Trinajstić information content (AvgIpc) is 3.24. The minimum absolute atomic E-state index is 0.0929. The predicted molar refractivity (Wildman–Crippen MR) is 111 cm³/mol. The second kappa shape index (κ2) is 8.65. The van der Waals surface area contributed by atoms with Crippen LogP contribution in [-0.4, -0.2) is 49.0 Å². The Bertz CT molecular complexity index is 902. The highest BCUT2D eigenvalue weighted by Gasteiger charge is 2.31. The number of esters is 1. The first-order valence-electron chi connectivity index (χ1n) is 9.51. The zero-order chi connectivity index (χ0) is 20.2. The summed E-state index contributed by atoms with van der Waals surface area (Å²) in [4.78, 5) is 26.4. The molecule has 2 aromatic carbocycles. The molecule has 29 heavy (non-hydrogen) atoms. The summed E-state index contributed by atoms with van der Waals surface area (Å²) >= 11 is 1.71. The van der Waals surface area contributed by atoms with Gasteiger partial charge in [0.05, 0.1) is 12.2 Å². The first-order valence-corrected chi connectivity index (χ1v) is 10.6. The molecule has 0 saturated carbocycles. The van der Waals surface area contributed by atoms with Crippen LogP contribution in [0.1, 0.15) is 28.2 Å². The highest BCUT2D eigenvalue weighted by Crippen LogP contribution is 2.41. The van der Waals surface area contributed by atoms with E-state index in [0.717, 1.165) is 22.8 Å². The number of fused-ring (bicyclic) bond motifs is 1. The Hall–Kier alpha value is -2.87. The van der Waals surface area contributed by atoms with Gasteiger partial charge in [-0.05, 0) is 48.9 Å². The number of nitrogens with zero attached hydrogens (tertiary/aromatic N) is 1. The number of carbonyl (C=O) groups excluding carboxylic acids is 2. The van der Waals surface area contributed by atoms with Crippen LogP contribution in [0.25, 0.3) is 0 Å². The number of rotatable bonds is 4. The summed E-state index contributed by atoms with van der Waals surface area (Å²) in [6, 6.07) is 12.3. The van der Waals surface area contributed by atoms with Crippen molar-refractivity contribution in [2.75, 3.05) is 37.4 Å². The molecule has 0 radical (unpaired) electrons. The van der Waals surface area contributed by atoms with Crippen molar-refractivity contribution in [2.24, 2.45) is 0 Å². The fourth-order valence-corrected chi connectivity index (χ4v) is 4.51. The molecular weight excluding hydrogens is 392 g/mol. The lowest BCUT2D eigenvalue weighted by molar-refractivity contribution is 0.0526. The van der Waals surface area contributed by atoms with E-state index in [2.05, 4.69) is 5.32 Å². The number of anilines is 1. The summed E-state index contributed by atoms with van der Waals surface area (Å²) in [7, 11) is 0. The molecule has 2 amide bonds. The molecule has 1 saturated heterocycles. The summed E-state index contributed by atoms with van der Waals surface area (Å²) in [6.07, 6.45) is 0. The molecule has 2 heterocycles. The number of hydrogen-bond donors (Lipinski definition) is 1. The van der Waals surface area contributed by atoms with Crippen LogP contribution in [0, 0.1) is 0 Å². The van der Waals surface area contributed by atoms with Crippen LogP contribution in [0.15, 0.2) is 42.5 Å². The maximum Gasteiger partial charge on any atom is 0.338 e. The molecule has 2 aromatic rings. The lowest BCUT2D eigenvalue weighted by Crippen LogP contribution is -2.34. The van der Waals surface area contributed by atoms with Crippen molar-refractivity contribution in [1.29, 1.82) is 0 Å². The smallest absolute Gasteiger partial charge is 0.338 e. The predicted octanol–water partition coefficient (Wildman–Crippen LogP) is 3.91. The first-order chi connectivity index (χ1) is 14.2. The molecule has 4 rings (SSSR count). The SMILES string of the molecule is CCOC(=O)c1ccc(NC(=O)N2CCS[C@@H]2c2ccc3c(c2)OCCO3)cc1. The van der Waals surface area contributed by atoms with Crippen LogP contribution < -0.4 is 14.8 Å². The van der Waals surface area contributed by atoms with Gasteiger partial charge < -0.3 is 24.4 Å². The minimum atomic E-state index is -0.375. The van der Waals surface area contributed by atoms with E-state index in [1.165, 1.54) is 0 Å². The van der Waals surface area contributed by atoms with Gasteiger partial charge >= 0.3 is 12.0 Å². The van der Waals surface area contributed by atoms with Crippen LogP contribution in [0.4, 0.5) is 10.5 Å². The molecule has 0 aromatic heterocycles. The number of ether oxygens (including phenoxy) is 3. The third-order valence-electron chi connectivity index (χ3n) is 4.65. The van der Waals surface area contributed by atoms with Gasteiger partial charge in [0.2, 0.25) is 0 Å². The number of thioether (sulfide) groups is 1. The second-order valence-corrected chi connectivity index (χ2v) is 7.74. The van der Waals surface area contributed by atoms with Crippen molar-refractivity contribution in [3.8, 4) is 11.5 Å². The van der Waals surface area contributed by atoms with E-state index in [1.807, 2.05) is 18.2 Å². The highest BCUT2D eigenvalue weighted by atomic mass is 32.2. The van der Waals surface area contributed by atoms with E-state index in [0.29, 0.717) is 37.6 Å². The van der Waals surface area contributed by atoms with Gasteiger partial charge in [-0.2, -0.15) is 0 Å². The van der Waals surface area contributed by atoms with Gasteiger partial charge in [0.15, 0.2) is 11.5 Å². The molecule has 2 aliphatic heterocycles. The minimum Gasteiger partial charge on any atom is -0.486 e. The third-order valence-corrected chi connectivity index (χ3v) is 5.91. The van der Waals surface area contributed by atoms with E-state index >= 15 is 0 Å². The van der Waals surface area contributed by atoms with Crippen molar-refractivity contribution in [2.45, 2.75) is 12.3 Å². The van der Waals surface area contributed by atoms with Gasteiger partial charge in [-0.15, -0.1) is 11.8 Å². The normalized spacial score (nSPS) is 17.7. The molecule has 7 nitrogen and oxygen atoms in total. The van der Waals surface area contributed by atoms with Crippen molar-refractivity contribution in [3.63, 3.8) is 0 Å². The van der Waals surface area contributed by atoms with E-state index in [4.69, 9.17) is 14.2 Å². The largest absolute Gasteiger partial charge is 0.486 e. The number of nitrogens with one attached hydrogen (secondary N) is 1. The highest BCUT2D eigenvalue weighted by molar-refractivity contribution is 7.99. The Morgan fingerprint density at radius 2 is 1.90 bits per heavy atom. The third kappa shape index (κ3) is 4.27. The molecule has 1 N–H and O–H groups in total. The van der Waals surface area contributed by atoms with Gasteiger partial charge in [0, 0.05) is 18.0 Å². The van der Waals surface area contributed by atoms with Crippen molar-refractivity contribution in [1.82, 2.24) is 4.90 Å². The molecule has 2 aliphatic rings. The molecule has 1 fully saturated rings. The maximum atomic E-state index is 12.9. The summed E-state index contributed by atoms with van der Waals surface area (Å²) in [6.45, 7) is 3.81. The van der Waals surface area contributed by atoms with Crippen LogP contribution in [0.2, 0.25) is 0 Å². The van der Waals surface area contributed by atoms with Gasteiger partial charge in [-0.25, -0.2) is 9.59 Å². The Morgan fingerprint density at radius 3 is 2.66 bits per heavy atom. The maximum absolute atomic E-state index is 12.9. The zero-order valence-electron chi connectivity index (χ0n) is 16.1. The Morgan fingerprint density at radius 1 is 1.14 bits per heavy atom. The lowest BCUT2D eigenvalue weighted by Gasteiger charge is -2.26. The molecule has 0 unspecified atom stereocenters. The number of benzene rings is 2. The molecular formula is C21H22N2O5S. The molecule has 0 bridgehead atoms. The number of hydrogen-bond acceptors (Lipinski definition) is 6. The fourth-order valence-electron chi connectivity index (χ4n) is 3.27. The summed E-state index contributed by atoms with van der Waals surface area (Å²) in [5.41, 5.74) is 2.08. The summed E-state index contributed by atoms with van der Waals surface area (Å²) < 4.78 is 16.2. The van der Waals surface area contributed by atoms with E-state index in [-0.39, 0.29) is 17.4 Å². The molecule has 0 spiro atoms. The standard InChI is InChI=1S/C21H22N2O5S/c1-2-26-20(24)14-3-6-16(7-4-14)22-21(25)23-9-12-29-19(23)15-5-8-17-18(13-15)28-11-10-27-17/h3-8,13,19H,2,9-12H2,1H3,(H,22,25)/t19-/m1/s1. The second-order valence-electron chi connectivity index (χ2n) is 6.55. The van der Waals surface area contributed by atoms with Gasteiger partial charge in [-0.3, -0.25) is 0 Å². The van der Waals surface area contributed by atoms with Gasteiger partial charge in [0.25, 0.3) is 0 Å². The van der Waals surface area contributed by atoms with Crippen molar-refractivity contribution in [3.05, 3.63) is 53.6 Å². The topological polar surface area (TPSA) is 77.1 Å². The fraction of sp³-hybridized carbons (Fsp3) is 0.333. The molecule has 0 aliphatic carbocycles. The van der Waals surface area contributed by atoms with E-state index < -0.39 is 0 Å². The van der Waals surface area contributed by atoms with Gasteiger partial charge in [-0.1, -0.05) is 6.07 Å².